The van der Waals surface area contributed by atoms with E-state index in [1.54, 1.807) is 74.4 Å². The number of aryl methyl sites for hydroxylation is 8. The van der Waals surface area contributed by atoms with Crippen LogP contribution in [0, 0.1) is 55.4 Å². The molecule has 0 unspecified atom stereocenters. The molecule has 0 bridgehead atoms. The lowest BCUT2D eigenvalue weighted by atomic mass is 10.1. The summed E-state index contributed by atoms with van der Waals surface area (Å²) in [7, 11) is 0. The Hall–Kier alpha value is -13.6. The molecule has 0 aliphatic carbocycles. The van der Waals surface area contributed by atoms with E-state index in [9.17, 15) is 0 Å². The summed E-state index contributed by atoms with van der Waals surface area (Å²) in [6, 6.07) is 64.0. The maximum absolute atomic E-state index is 4.42. The average molecular weight is 1360 g/mol. The third-order valence-electron chi connectivity index (χ3n) is 15.0. The molecule has 16 aromatic rings. The first-order valence-electron chi connectivity index (χ1n) is 33.5. The Morgan fingerprint density at radius 1 is 0.163 bits per heavy atom. The molecular weight excluding hydrogens is 1280 g/mol. The zero-order valence-corrected chi connectivity index (χ0v) is 59.5. The molecule has 0 saturated heterocycles. The van der Waals surface area contributed by atoms with Crippen molar-refractivity contribution >= 4 is 0 Å². The fourth-order valence-corrected chi connectivity index (χ4v) is 9.90. The normalized spacial score (nSPS) is 9.92. The Morgan fingerprint density at radius 2 is 0.481 bits per heavy atom. The van der Waals surface area contributed by atoms with Gasteiger partial charge in [-0.3, -0.25) is 79.7 Å². The highest BCUT2D eigenvalue weighted by Crippen LogP contribution is 2.23. The van der Waals surface area contributed by atoms with Crippen LogP contribution < -0.4 is 0 Å². The van der Waals surface area contributed by atoms with Crippen molar-refractivity contribution in [1.82, 2.24) is 79.7 Å². The zero-order valence-electron chi connectivity index (χ0n) is 59.5. The van der Waals surface area contributed by atoms with Crippen LogP contribution in [0.2, 0.25) is 0 Å². The first-order chi connectivity index (χ1) is 50.9. The van der Waals surface area contributed by atoms with E-state index in [-0.39, 0.29) is 0 Å². The molecule has 0 N–H and O–H groups in total. The minimum absolute atomic E-state index is 0.980. The Bertz CT molecular complexity index is 4140. The summed E-state index contributed by atoms with van der Waals surface area (Å²) in [5, 5.41) is 0. The first-order valence-corrected chi connectivity index (χ1v) is 33.5. The van der Waals surface area contributed by atoms with Gasteiger partial charge in [0.25, 0.3) is 0 Å². The van der Waals surface area contributed by atoms with Crippen LogP contribution in [0.25, 0.3) is 89.5 Å². The molecule has 16 nitrogen and oxygen atoms in total. The number of rotatable bonds is 8. The molecule has 0 radical (unpaired) electrons. The van der Waals surface area contributed by atoms with Crippen molar-refractivity contribution in [3.05, 3.63) is 388 Å². The van der Waals surface area contributed by atoms with Gasteiger partial charge in [-0.1, -0.05) is 24.3 Å². The van der Waals surface area contributed by atoms with E-state index in [4.69, 9.17) is 0 Å². The van der Waals surface area contributed by atoms with Crippen LogP contribution in [0.15, 0.2) is 343 Å². The molecule has 0 aliphatic rings. The van der Waals surface area contributed by atoms with E-state index in [2.05, 4.69) is 130 Å². The standard InChI is InChI=1S/8C11H10N2/c1-9-2-7-13-11(8-9)10-3-5-12-6-4-10;1-9-8-11(4-7-13-9)10-2-5-12-6-3-10;1-9-6-11(8-13-7-9)10-2-4-12-5-3-10;1-9-4-2-6-11(13-9)10-5-3-7-12-8-10;1-9-7-10(4-6-13-9)11-3-2-5-12-8-11;1-9-4-6-13-11(7-9)10-3-2-5-12-8-10;1-9-5-11(8-13-6-9)10-3-2-4-12-7-10;1-9-3-2-4-11(13-9)10-5-7-12-8-6-10/h8*2-8H,1H3. The third-order valence-corrected chi connectivity index (χ3v) is 15.0. The lowest BCUT2D eigenvalue weighted by molar-refractivity contribution is 1.19. The van der Waals surface area contributed by atoms with Crippen LogP contribution in [0.5, 0.6) is 0 Å². The van der Waals surface area contributed by atoms with Crippen molar-refractivity contribution < 1.29 is 0 Å². The summed E-state index contributed by atoms with van der Waals surface area (Å²) in [6.45, 7) is 16.1. The van der Waals surface area contributed by atoms with Crippen LogP contribution in [0.1, 0.15) is 45.0 Å². The molecule has 512 valence electrons. The van der Waals surface area contributed by atoms with E-state index < -0.39 is 0 Å². The van der Waals surface area contributed by atoms with Gasteiger partial charge in [-0.25, -0.2) is 0 Å². The van der Waals surface area contributed by atoms with Gasteiger partial charge in [-0.05, 0) is 270 Å². The molecule has 16 heteroatoms. The smallest absolute Gasteiger partial charge is 0.0720 e. The Balaban J connectivity index is 0.000000138. The SMILES string of the molecule is Cc1cc(-c2cccnc2)ccn1.Cc1cc(-c2ccncc2)ccn1.Cc1cccc(-c2cccnc2)n1.Cc1cccc(-c2ccncc2)n1.Cc1ccnc(-c2cccnc2)c1.Cc1ccnc(-c2ccncc2)c1.Cc1cncc(-c2cccnc2)c1.Cc1cncc(-c2ccncc2)c1. The molecule has 0 aliphatic heterocycles. The molecule has 0 atom stereocenters. The van der Waals surface area contributed by atoms with Crippen LogP contribution in [-0.4, -0.2) is 79.7 Å². The lowest BCUT2D eigenvalue weighted by Crippen LogP contribution is -1.85. The van der Waals surface area contributed by atoms with E-state index >= 15 is 0 Å². The maximum atomic E-state index is 4.42. The van der Waals surface area contributed by atoms with Gasteiger partial charge in [-0.15, -0.1) is 0 Å². The predicted octanol–water partition coefficient (Wildman–Crippen LogP) is 19.6. The number of hydrogen-bond donors (Lipinski definition) is 0. The van der Waals surface area contributed by atoms with E-state index in [0.717, 1.165) is 95.6 Å². The second kappa shape index (κ2) is 41.1. The minimum Gasteiger partial charge on any atom is -0.265 e. The molecular formula is C88H80N16. The van der Waals surface area contributed by atoms with Gasteiger partial charge in [0, 0.05) is 216 Å². The highest BCUT2D eigenvalue weighted by molar-refractivity contribution is 5.66. The second-order valence-electron chi connectivity index (χ2n) is 23.5. The molecule has 104 heavy (non-hydrogen) atoms. The van der Waals surface area contributed by atoms with Gasteiger partial charge in [0.2, 0.25) is 0 Å². The van der Waals surface area contributed by atoms with Gasteiger partial charge in [-0.2, -0.15) is 0 Å². The van der Waals surface area contributed by atoms with Crippen molar-refractivity contribution in [2.45, 2.75) is 55.4 Å². The zero-order chi connectivity index (χ0) is 72.8. The summed E-state index contributed by atoms with van der Waals surface area (Å²) >= 11 is 0. The van der Waals surface area contributed by atoms with Crippen LogP contribution in [0.4, 0.5) is 0 Å². The summed E-state index contributed by atoms with van der Waals surface area (Å²) in [4.78, 5) is 66.1. The highest BCUT2D eigenvalue weighted by Gasteiger charge is 2.04. The van der Waals surface area contributed by atoms with E-state index in [1.807, 2.05) is 274 Å². The van der Waals surface area contributed by atoms with E-state index in [0.29, 0.717) is 0 Å². The number of nitrogens with zero attached hydrogens (tertiary/aromatic N) is 16. The molecule has 16 aromatic heterocycles. The largest absolute Gasteiger partial charge is 0.265 e. The summed E-state index contributed by atoms with van der Waals surface area (Å²) in [5.41, 5.74) is 26.4. The van der Waals surface area contributed by atoms with Gasteiger partial charge < -0.3 is 0 Å². The summed E-state index contributed by atoms with van der Waals surface area (Å²) in [5.74, 6) is 0. The predicted molar refractivity (Wildman–Crippen MR) is 418 cm³/mol. The van der Waals surface area contributed by atoms with Crippen molar-refractivity contribution in [3.63, 3.8) is 0 Å². The van der Waals surface area contributed by atoms with Gasteiger partial charge in [0.05, 0.1) is 22.8 Å². The number of aromatic nitrogens is 16. The van der Waals surface area contributed by atoms with Crippen LogP contribution in [-0.2, 0) is 0 Å². The minimum atomic E-state index is 0.980. The van der Waals surface area contributed by atoms with E-state index in [1.165, 1.54) is 38.9 Å². The van der Waals surface area contributed by atoms with Crippen LogP contribution >= 0.6 is 0 Å². The summed E-state index contributed by atoms with van der Waals surface area (Å²) < 4.78 is 0. The average Bonchev–Trinajstić information content (AvgIpc) is 0.967. The van der Waals surface area contributed by atoms with Crippen molar-refractivity contribution in [2.75, 3.05) is 0 Å². The molecule has 0 spiro atoms. The number of hydrogen-bond acceptors (Lipinski definition) is 16. The monoisotopic (exact) mass is 1360 g/mol. The fourth-order valence-electron chi connectivity index (χ4n) is 9.90. The summed E-state index contributed by atoms with van der Waals surface area (Å²) in [6.07, 6.45) is 43.4. The third kappa shape index (κ3) is 25.6. The van der Waals surface area contributed by atoms with Gasteiger partial charge in [0.1, 0.15) is 0 Å². The topological polar surface area (TPSA) is 206 Å². The Kier molecular flexibility index (Phi) is 29.5. The first kappa shape index (κ1) is 74.6. The molecule has 16 heterocycles. The lowest BCUT2D eigenvalue weighted by Gasteiger charge is -2.00. The van der Waals surface area contributed by atoms with Gasteiger partial charge >= 0.3 is 0 Å². The quantitative estimate of drug-likeness (QED) is 0.139. The highest BCUT2D eigenvalue weighted by atomic mass is 14.7. The molecule has 16 rings (SSSR count). The molecule has 0 amide bonds. The Morgan fingerprint density at radius 3 is 0.865 bits per heavy atom. The molecule has 0 fully saturated rings. The van der Waals surface area contributed by atoms with Gasteiger partial charge in [0.15, 0.2) is 0 Å². The van der Waals surface area contributed by atoms with Crippen molar-refractivity contribution in [3.8, 4) is 89.5 Å². The number of pyridine rings is 16. The van der Waals surface area contributed by atoms with Crippen molar-refractivity contribution in [2.24, 2.45) is 0 Å². The maximum Gasteiger partial charge on any atom is 0.0720 e. The second-order valence-corrected chi connectivity index (χ2v) is 23.5. The fraction of sp³-hybridized carbons (Fsp3) is 0.0909. The Labute approximate surface area is 609 Å². The van der Waals surface area contributed by atoms with Crippen LogP contribution in [0.3, 0.4) is 0 Å². The molecule has 0 aromatic carbocycles. The molecule has 0 saturated carbocycles. The van der Waals surface area contributed by atoms with Crippen molar-refractivity contribution in [1.29, 1.82) is 0 Å².